The number of nitrogen functional groups attached to an aromatic ring is 1. The van der Waals surface area contributed by atoms with Gasteiger partial charge in [0.05, 0.1) is 6.20 Å². The molecule has 1 rings (SSSR count). The van der Waals surface area contributed by atoms with Gasteiger partial charge in [-0.2, -0.15) is 4.98 Å². The van der Waals surface area contributed by atoms with Crippen LogP contribution < -0.4 is 11.4 Å². The maximum atomic E-state index is 10.5. The fourth-order valence-electron chi connectivity index (χ4n) is 0.547. The number of nitrogens with zero attached hydrogens (tertiary/aromatic N) is 2. The summed E-state index contributed by atoms with van der Waals surface area (Å²) in [6, 6.07) is 0. The molecule has 1 aromatic rings. The lowest BCUT2D eigenvalue weighted by atomic mass is 10.4. The largest absolute Gasteiger partial charge is 0.424 e. The van der Waals surface area contributed by atoms with Crippen molar-refractivity contribution in [3.63, 3.8) is 0 Å². The molecule has 0 spiro atoms. The topological polar surface area (TPSA) is 81.1 Å². The minimum absolute atomic E-state index is 0.148. The van der Waals surface area contributed by atoms with Crippen molar-refractivity contribution in [3.8, 4) is 0 Å². The monoisotopic (exact) mass is 141 g/mol. The van der Waals surface area contributed by atoms with E-state index in [1.54, 1.807) is 6.92 Å². The summed E-state index contributed by atoms with van der Waals surface area (Å²) >= 11 is 0. The molecule has 5 nitrogen and oxygen atoms in total. The summed E-state index contributed by atoms with van der Waals surface area (Å²) in [6.07, 6.45) is 1.21. The van der Waals surface area contributed by atoms with E-state index in [0.29, 0.717) is 10.3 Å². The molecule has 0 amide bonds. The zero-order valence-electron chi connectivity index (χ0n) is 5.40. The van der Waals surface area contributed by atoms with Crippen LogP contribution in [0.4, 0.5) is 5.82 Å². The first-order valence-corrected chi connectivity index (χ1v) is 2.66. The van der Waals surface area contributed by atoms with E-state index in [4.69, 9.17) is 10.9 Å². The number of nitrogens with two attached hydrogens (primary N) is 1. The zero-order valence-corrected chi connectivity index (χ0v) is 5.40. The zero-order chi connectivity index (χ0) is 7.72. The van der Waals surface area contributed by atoms with Gasteiger partial charge in [0.2, 0.25) is 0 Å². The highest BCUT2D eigenvalue weighted by Crippen LogP contribution is 1.99. The van der Waals surface area contributed by atoms with Gasteiger partial charge in [0.25, 0.3) is 0 Å². The first-order valence-electron chi connectivity index (χ1n) is 2.66. The van der Waals surface area contributed by atoms with E-state index in [-0.39, 0.29) is 5.82 Å². The third kappa shape index (κ3) is 0.928. The van der Waals surface area contributed by atoms with E-state index >= 15 is 0 Å². The van der Waals surface area contributed by atoms with E-state index in [2.05, 4.69) is 4.98 Å². The molecule has 0 aromatic carbocycles. The molecular formula is C5H7N3O2. The average molecular weight is 141 g/mol. The lowest BCUT2D eigenvalue weighted by molar-refractivity contribution is 0.169. The highest BCUT2D eigenvalue weighted by atomic mass is 16.5. The first kappa shape index (κ1) is 6.60. The molecule has 1 heterocycles. The molecule has 5 heteroatoms. The van der Waals surface area contributed by atoms with Crippen LogP contribution in [-0.4, -0.2) is 14.9 Å². The quantitative estimate of drug-likeness (QED) is 0.471. The van der Waals surface area contributed by atoms with Crippen LogP contribution in [0.5, 0.6) is 0 Å². The number of hydrogen-bond donors (Lipinski definition) is 2. The highest BCUT2D eigenvalue weighted by molar-refractivity contribution is 5.34. The minimum atomic E-state index is -0.761. The normalized spacial score (nSPS) is 9.70. The SMILES string of the molecule is Cc1cn(O)c(=O)nc1N. The van der Waals surface area contributed by atoms with Crippen molar-refractivity contribution in [2.45, 2.75) is 6.92 Å². The number of rotatable bonds is 0. The smallest absolute Gasteiger partial charge is 0.382 e. The van der Waals surface area contributed by atoms with Crippen molar-refractivity contribution in [1.29, 1.82) is 0 Å². The molecule has 0 aliphatic heterocycles. The molecule has 0 unspecified atom stereocenters. The first-order chi connectivity index (χ1) is 4.61. The predicted molar refractivity (Wildman–Crippen MR) is 34.8 cm³/mol. The van der Waals surface area contributed by atoms with Crippen LogP contribution in [0.3, 0.4) is 0 Å². The fraction of sp³-hybridized carbons (Fsp3) is 0.200. The van der Waals surface area contributed by atoms with Gasteiger partial charge in [-0.15, -0.1) is 4.73 Å². The summed E-state index contributed by atoms with van der Waals surface area (Å²) in [7, 11) is 0. The number of aromatic nitrogens is 2. The van der Waals surface area contributed by atoms with Crippen LogP contribution in [0.2, 0.25) is 0 Å². The average Bonchev–Trinajstić information content (AvgIpc) is 1.84. The molecule has 10 heavy (non-hydrogen) atoms. The summed E-state index contributed by atoms with van der Waals surface area (Å²) in [5.74, 6) is 0.148. The Hall–Kier alpha value is -1.52. The summed E-state index contributed by atoms with van der Waals surface area (Å²) in [4.78, 5) is 13.8. The lowest BCUT2D eigenvalue weighted by Crippen LogP contribution is -2.22. The molecular weight excluding hydrogens is 134 g/mol. The third-order valence-corrected chi connectivity index (χ3v) is 1.13. The van der Waals surface area contributed by atoms with E-state index in [9.17, 15) is 4.79 Å². The number of aryl methyl sites for hydroxylation is 1. The van der Waals surface area contributed by atoms with Crippen LogP contribution in [0.25, 0.3) is 0 Å². The maximum Gasteiger partial charge on any atom is 0.382 e. The standard InChI is InChI=1S/C5H7N3O2/c1-3-2-8(10)5(9)7-4(3)6/h2,10H,1H3,(H2,6,7,9). The van der Waals surface area contributed by atoms with Gasteiger partial charge >= 0.3 is 5.69 Å². The van der Waals surface area contributed by atoms with Crippen molar-refractivity contribution >= 4 is 5.82 Å². The fourth-order valence-corrected chi connectivity index (χ4v) is 0.547. The van der Waals surface area contributed by atoms with Gasteiger partial charge in [0.1, 0.15) is 5.82 Å². The number of anilines is 1. The maximum absolute atomic E-state index is 10.5. The van der Waals surface area contributed by atoms with Crippen LogP contribution in [-0.2, 0) is 0 Å². The van der Waals surface area contributed by atoms with Gasteiger partial charge in [-0.3, -0.25) is 0 Å². The van der Waals surface area contributed by atoms with Gasteiger partial charge in [-0.1, -0.05) is 0 Å². The molecule has 1 aromatic heterocycles. The van der Waals surface area contributed by atoms with Crippen molar-refractivity contribution < 1.29 is 5.21 Å². The van der Waals surface area contributed by atoms with Crippen LogP contribution >= 0.6 is 0 Å². The van der Waals surface area contributed by atoms with Gasteiger partial charge in [0.15, 0.2) is 0 Å². The van der Waals surface area contributed by atoms with Crippen molar-refractivity contribution in [2.75, 3.05) is 5.73 Å². The van der Waals surface area contributed by atoms with Crippen molar-refractivity contribution in [2.24, 2.45) is 0 Å². The van der Waals surface area contributed by atoms with Crippen LogP contribution in [0.15, 0.2) is 11.0 Å². The molecule has 3 N–H and O–H groups in total. The summed E-state index contributed by atoms with van der Waals surface area (Å²) in [5, 5.41) is 8.71. The Morgan fingerprint density at radius 1 is 1.80 bits per heavy atom. The highest BCUT2D eigenvalue weighted by Gasteiger charge is 1.98. The van der Waals surface area contributed by atoms with Gasteiger partial charge < -0.3 is 10.9 Å². The van der Waals surface area contributed by atoms with E-state index in [0.717, 1.165) is 0 Å². The Morgan fingerprint density at radius 2 is 2.40 bits per heavy atom. The summed E-state index contributed by atoms with van der Waals surface area (Å²) in [6.45, 7) is 1.65. The van der Waals surface area contributed by atoms with E-state index < -0.39 is 5.69 Å². The van der Waals surface area contributed by atoms with Crippen molar-refractivity contribution in [3.05, 3.63) is 22.2 Å². The molecule has 54 valence electrons. The lowest BCUT2D eigenvalue weighted by Gasteiger charge is -1.97. The Bertz CT molecular complexity index is 304. The molecule has 0 fully saturated rings. The molecule has 0 aliphatic rings. The van der Waals surface area contributed by atoms with Crippen LogP contribution in [0, 0.1) is 6.92 Å². The molecule has 0 saturated carbocycles. The molecule has 0 radical (unpaired) electrons. The Kier molecular flexibility index (Phi) is 1.33. The van der Waals surface area contributed by atoms with Gasteiger partial charge in [0, 0.05) is 5.56 Å². The Balaban J connectivity index is 3.43. The molecule has 0 atom stereocenters. The van der Waals surface area contributed by atoms with Gasteiger partial charge in [-0.05, 0) is 6.92 Å². The second-order valence-corrected chi connectivity index (χ2v) is 1.94. The molecule has 0 aliphatic carbocycles. The van der Waals surface area contributed by atoms with E-state index in [1.165, 1.54) is 6.20 Å². The second kappa shape index (κ2) is 2.02. The van der Waals surface area contributed by atoms with Gasteiger partial charge in [-0.25, -0.2) is 4.79 Å². The van der Waals surface area contributed by atoms with E-state index in [1.807, 2.05) is 0 Å². The third-order valence-electron chi connectivity index (χ3n) is 1.13. The van der Waals surface area contributed by atoms with Crippen LogP contribution in [0.1, 0.15) is 5.56 Å². The van der Waals surface area contributed by atoms with Crippen molar-refractivity contribution in [1.82, 2.24) is 9.71 Å². The number of hydrogen-bond acceptors (Lipinski definition) is 4. The molecule has 0 bridgehead atoms. The second-order valence-electron chi connectivity index (χ2n) is 1.94. The Morgan fingerprint density at radius 3 is 2.90 bits per heavy atom. The molecule has 0 saturated heterocycles. The predicted octanol–water partition coefficient (Wildman–Crippen LogP) is -0.629. The summed E-state index contributed by atoms with van der Waals surface area (Å²) < 4.78 is 0.395. The minimum Gasteiger partial charge on any atom is -0.424 e. The summed E-state index contributed by atoms with van der Waals surface area (Å²) in [5.41, 5.74) is 5.06. The Labute approximate surface area is 56.7 Å².